The van der Waals surface area contributed by atoms with E-state index in [1.165, 1.54) is 0 Å². The molecule has 0 aromatic carbocycles. The van der Waals surface area contributed by atoms with Crippen molar-refractivity contribution in [3.8, 4) is 0 Å². The zero-order chi connectivity index (χ0) is 12.0. The maximum absolute atomic E-state index is 11.1. The summed E-state index contributed by atoms with van der Waals surface area (Å²) in [5.41, 5.74) is 11.5. The van der Waals surface area contributed by atoms with Gasteiger partial charge in [-0.15, -0.1) is 0 Å². The number of anilines is 1. The molecule has 1 unspecified atom stereocenters. The van der Waals surface area contributed by atoms with Gasteiger partial charge in [-0.2, -0.15) is 0 Å². The van der Waals surface area contributed by atoms with Crippen molar-refractivity contribution < 1.29 is 4.79 Å². The molecule has 0 radical (unpaired) electrons. The molecule has 16 heavy (non-hydrogen) atoms. The third-order valence-corrected chi connectivity index (χ3v) is 2.26. The highest BCUT2D eigenvalue weighted by Gasteiger charge is 2.09. The Kier molecular flexibility index (Phi) is 4.72. The molecule has 0 saturated heterocycles. The number of aromatic nitrogens is 1. The van der Waals surface area contributed by atoms with E-state index in [1.807, 2.05) is 0 Å². The molecular formula is C11H18N4O. The third kappa shape index (κ3) is 3.51. The molecule has 5 heteroatoms. The van der Waals surface area contributed by atoms with Crippen molar-refractivity contribution in [3.63, 3.8) is 0 Å². The maximum Gasteiger partial charge on any atom is 0.252 e. The van der Waals surface area contributed by atoms with Gasteiger partial charge in [0, 0.05) is 18.8 Å². The van der Waals surface area contributed by atoms with Crippen LogP contribution in [0.5, 0.6) is 0 Å². The molecular weight excluding hydrogens is 204 g/mol. The van der Waals surface area contributed by atoms with Gasteiger partial charge in [-0.05, 0) is 18.6 Å². The van der Waals surface area contributed by atoms with Gasteiger partial charge in [0.25, 0.3) is 5.91 Å². The average molecular weight is 222 g/mol. The molecule has 0 saturated carbocycles. The minimum atomic E-state index is -0.486. The highest BCUT2D eigenvalue weighted by Crippen LogP contribution is 2.10. The van der Waals surface area contributed by atoms with E-state index in [0.717, 1.165) is 12.8 Å². The van der Waals surface area contributed by atoms with Crippen LogP contribution in [0.4, 0.5) is 5.82 Å². The fourth-order valence-electron chi connectivity index (χ4n) is 1.45. The predicted molar refractivity (Wildman–Crippen MR) is 64.1 cm³/mol. The summed E-state index contributed by atoms with van der Waals surface area (Å²) in [4.78, 5) is 15.2. The lowest BCUT2D eigenvalue weighted by molar-refractivity contribution is 0.100. The number of pyridine rings is 1. The van der Waals surface area contributed by atoms with Crippen molar-refractivity contribution in [2.75, 3.05) is 11.9 Å². The first kappa shape index (κ1) is 12.4. The van der Waals surface area contributed by atoms with E-state index in [1.54, 1.807) is 18.3 Å². The Labute approximate surface area is 95.2 Å². The second-order valence-electron chi connectivity index (χ2n) is 3.69. The minimum absolute atomic E-state index is 0.0627. The second kappa shape index (κ2) is 6.07. The van der Waals surface area contributed by atoms with Crippen LogP contribution in [0.1, 0.15) is 30.1 Å². The minimum Gasteiger partial charge on any atom is -0.368 e. The largest absolute Gasteiger partial charge is 0.368 e. The lowest BCUT2D eigenvalue weighted by Gasteiger charge is -2.13. The van der Waals surface area contributed by atoms with Gasteiger partial charge < -0.3 is 16.8 Å². The van der Waals surface area contributed by atoms with Crippen LogP contribution in [0.15, 0.2) is 18.3 Å². The summed E-state index contributed by atoms with van der Waals surface area (Å²) in [7, 11) is 0. The molecule has 0 aliphatic carbocycles. The van der Waals surface area contributed by atoms with E-state index in [9.17, 15) is 4.79 Å². The van der Waals surface area contributed by atoms with Gasteiger partial charge in [0.05, 0.1) is 5.56 Å². The predicted octanol–water partition coefficient (Wildman–Crippen LogP) is 0.720. The summed E-state index contributed by atoms with van der Waals surface area (Å²) in [6.45, 7) is 2.67. The van der Waals surface area contributed by atoms with Crippen molar-refractivity contribution in [1.82, 2.24) is 4.98 Å². The molecule has 0 spiro atoms. The normalized spacial score (nSPS) is 12.1. The quantitative estimate of drug-likeness (QED) is 0.661. The number of hydrogen-bond donors (Lipinski definition) is 3. The summed E-state index contributed by atoms with van der Waals surface area (Å²) in [6, 6.07) is 3.38. The average Bonchev–Trinajstić information content (AvgIpc) is 2.27. The van der Waals surface area contributed by atoms with Crippen LogP contribution in [0.3, 0.4) is 0 Å². The molecule has 0 aliphatic rings. The Hall–Kier alpha value is -1.62. The van der Waals surface area contributed by atoms with Crippen LogP contribution >= 0.6 is 0 Å². The highest BCUT2D eigenvalue weighted by molar-refractivity contribution is 5.97. The number of amides is 1. The summed E-state index contributed by atoms with van der Waals surface area (Å²) >= 11 is 0. The van der Waals surface area contributed by atoms with E-state index in [2.05, 4.69) is 17.2 Å². The first-order valence-electron chi connectivity index (χ1n) is 5.39. The topological polar surface area (TPSA) is 94.0 Å². The van der Waals surface area contributed by atoms with E-state index in [0.29, 0.717) is 17.9 Å². The molecule has 1 atom stereocenters. The Morgan fingerprint density at radius 1 is 1.62 bits per heavy atom. The molecule has 5 N–H and O–H groups in total. The molecule has 1 aromatic rings. The zero-order valence-electron chi connectivity index (χ0n) is 9.44. The van der Waals surface area contributed by atoms with Gasteiger partial charge in [0.2, 0.25) is 0 Å². The van der Waals surface area contributed by atoms with E-state index in [4.69, 9.17) is 11.5 Å². The summed E-state index contributed by atoms with van der Waals surface area (Å²) < 4.78 is 0. The third-order valence-electron chi connectivity index (χ3n) is 2.26. The maximum atomic E-state index is 11.1. The second-order valence-corrected chi connectivity index (χ2v) is 3.69. The van der Waals surface area contributed by atoms with Crippen LogP contribution < -0.4 is 16.8 Å². The van der Waals surface area contributed by atoms with Gasteiger partial charge in [-0.1, -0.05) is 13.3 Å². The first-order chi connectivity index (χ1) is 7.65. The number of carbonyl (C=O) groups excluding carboxylic acids is 1. The molecule has 1 rings (SSSR count). The molecule has 0 aliphatic heterocycles. The van der Waals surface area contributed by atoms with Crippen molar-refractivity contribution in [2.24, 2.45) is 11.5 Å². The van der Waals surface area contributed by atoms with Gasteiger partial charge in [-0.25, -0.2) is 4.98 Å². The van der Waals surface area contributed by atoms with Crippen LogP contribution in [-0.2, 0) is 0 Å². The summed E-state index contributed by atoms with van der Waals surface area (Å²) in [5.74, 6) is 0.0150. The van der Waals surface area contributed by atoms with Gasteiger partial charge in [0.1, 0.15) is 5.82 Å². The van der Waals surface area contributed by atoms with E-state index < -0.39 is 5.91 Å². The SMILES string of the molecule is CCCC(N)CNc1ncccc1C(N)=O. The van der Waals surface area contributed by atoms with Crippen molar-refractivity contribution in [2.45, 2.75) is 25.8 Å². The monoisotopic (exact) mass is 222 g/mol. The summed E-state index contributed by atoms with van der Waals surface area (Å²) in [6.07, 6.45) is 3.58. The van der Waals surface area contributed by atoms with Crippen LogP contribution in [-0.4, -0.2) is 23.5 Å². The Morgan fingerprint density at radius 2 is 2.38 bits per heavy atom. The number of hydrogen-bond acceptors (Lipinski definition) is 4. The molecule has 5 nitrogen and oxygen atoms in total. The number of nitrogens with one attached hydrogen (secondary N) is 1. The smallest absolute Gasteiger partial charge is 0.252 e. The number of nitrogens with two attached hydrogens (primary N) is 2. The van der Waals surface area contributed by atoms with Gasteiger partial charge in [0.15, 0.2) is 0 Å². The fraction of sp³-hybridized carbons (Fsp3) is 0.455. The molecule has 1 aromatic heterocycles. The van der Waals surface area contributed by atoms with E-state index in [-0.39, 0.29) is 6.04 Å². The van der Waals surface area contributed by atoms with Crippen molar-refractivity contribution >= 4 is 11.7 Å². The number of carbonyl (C=O) groups is 1. The van der Waals surface area contributed by atoms with Crippen LogP contribution in [0.2, 0.25) is 0 Å². The Balaban J connectivity index is 2.63. The van der Waals surface area contributed by atoms with Gasteiger partial charge >= 0.3 is 0 Å². The molecule has 88 valence electrons. The highest BCUT2D eigenvalue weighted by atomic mass is 16.1. The molecule has 0 fully saturated rings. The zero-order valence-corrected chi connectivity index (χ0v) is 9.44. The van der Waals surface area contributed by atoms with Gasteiger partial charge in [-0.3, -0.25) is 4.79 Å². The Bertz CT molecular complexity index is 354. The molecule has 0 bridgehead atoms. The number of rotatable bonds is 6. The molecule has 1 amide bonds. The lowest BCUT2D eigenvalue weighted by atomic mass is 10.2. The lowest BCUT2D eigenvalue weighted by Crippen LogP contribution is -2.29. The fourth-order valence-corrected chi connectivity index (χ4v) is 1.45. The van der Waals surface area contributed by atoms with E-state index >= 15 is 0 Å². The Morgan fingerprint density at radius 3 is 3.00 bits per heavy atom. The van der Waals surface area contributed by atoms with Crippen LogP contribution in [0.25, 0.3) is 0 Å². The summed E-state index contributed by atoms with van der Waals surface area (Å²) in [5, 5.41) is 3.04. The first-order valence-corrected chi connectivity index (χ1v) is 5.39. The van der Waals surface area contributed by atoms with Crippen molar-refractivity contribution in [3.05, 3.63) is 23.9 Å². The standard InChI is InChI=1S/C11H18N4O/c1-2-4-8(12)7-15-11-9(10(13)16)5-3-6-14-11/h3,5-6,8H,2,4,7,12H2,1H3,(H2,13,16)(H,14,15). The molecule has 1 heterocycles. The van der Waals surface area contributed by atoms with Crippen molar-refractivity contribution in [1.29, 1.82) is 0 Å². The number of primary amides is 1. The number of nitrogens with zero attached hydrogens (tertiary/aromatic N) is 1. The van der Waals surface area contributed by atoms with Crippen LogP contribution in [0, 0.1) is 0 Å².